The van der Waals surface area contributed by atoms with Crippen molar-refractivity contribution in [3.63, 3.8) is 0 Å². The monoisotopic (exact) mass is 240 g/mol. The fraction of sp³-hybridized carbons (Fsp3) is 0.846. The number of Topliss-reactive ketones (excluding diaryl/α,β-unsaturated/α-hetero) is 1. The number of carboxylic acids is 1. The van der Waals surface area contributed by atoms with Gasteiger partial charge in [-0.15, -0.1) is 0 Å². The minimum absolute atomic E-state index is 0.0465. The molecule has 2 aliphatic rings. The quantitative estimate of drug-likeness (QED) is 0.786. The van der Waals surface area contributed by atoms with Crippen LogP contribution in [0.25, 0.3) is 0 Å². The summed E-state index contributed by atoms with van der Waals surface area (Å²) in [5.41, 5.74) is -2.16. The number of carbonyl (C=O) groups is 2. The molecule has 2 aliphatic carbocycles. The summed E-state index contributed by atoms with van der Waals surface area (Å²) in [7, 11) is 0. The molecular weight excluding hydrogens is 220 g/mol. The Bertz CT molecular complexity index is 387. The zero-order valence-electron chi connectivity index (χ0n) is 10.6. The van der Waals surface area contributed by atoms with Gasteiger partial charge in [0.1, 0.15) is 5.60 Å². The van der Waals surface area contributed by atoms with Gasteiger partial charge in [0.2, 0.25) is 0 Å². The molecule has 0 unspecified atom stereocenters. The van der Waals surface area contributed by atoms with E-state index in [1.54, 1.807) is 0 Å². The van der Waals surface area contributed by atoms with Gasteiger partial charge in [-0.2, -0.15) is 0 Å². The molecule has 96 valence electrons. The Morgan fingerprint density at radius 3 is 2.41 bits per heavy atom. The number of aliphatic hydroxyl groups is 1. The van der Waals surface area contributed by atoms with Crippen molar-refractivity contribution in [2.75, 3.05) is 0 Å². The molecule has 4 nitrogen and oxygen atoms in total. The van der Waals surface area contributed by atoms with Crippen molar-refractivity contribution in [3.8, 4) is 0 Å². The third kappa shape index (κ3) is 1.33. The van der Waals surface area contributed by atoms with Crippen molar-refractivity contribution in [2.45, 2.75) is 52.1 Å². The van der Waals surface area contributed by atoms with Gasteiger partial charge in [0.15, 0.2) is 5.78 Å². The summed E-state index contributed by atoms with van der Waals surface area (Å²) >= 11 is 0. The first-order valence-corrected chi connectivity index (χ1v) is 6.15. The highest BCUT2D eigenvalue weighted by Crippen LogP contribution is 2.67. The first-order valence-electron chi connectivity index (χ1n) is 6.15. The minimum atomic E-state index is -1.42. The third-order valence-corrected chi connectivity index (χ3v) is 5.42. The summed E-state index contributed by atoms with van der Waals surface area (Å²) in [5, 5.41) is 19.3. The zero-order chi connectivity index (χ0) is 13.1. The van der Waals surface area contributed by atoms with Gasteiger partial charge >= 0.3 is 5.97 Å². The number of aliphatic carboxylic acids is 1. The fourth-order valence-electron chi connectivity index (χ4n) is 3.96. The highest BCUT2D eigenvalue weighted by atomic mass is 16.4. The normalized spacial score (nSPS) is 43.1. The Balaban J connectivity index is 2.33. The number of hydrogen-bond donors (Lipinski definition) is 2. The molecule has 0 saturated heterocycles. The molecule has 17 heavy (non-hydrogen) atoms. The van der Waals surface area contributed by atoms with Crippen LogP contribution in [0.3, 0.4) is 0 Å². The topological polar surface area (TPSA) is 74.6 Å². The number of ketones is 1. The van der Waals surface area contributed by atoms with Gasteiger partial charge < -0.3 is 10.2 Å². The summed E-state index contributed by atoms with van der Waals surface area (Å²) < 4.78 is 0. The SMILES string of the molecule is CC1(C)[C@@H]2CC[C@@]1(C)C(=O)[C@]2(O)CCC(=O)O. The van der Waals surface area contributed by atoms with E-state index >= 15 is 0 Å². The van der Waals surface area contributed by atoms with Crippen molar-refractivity contribution in [1.29, 1.82) is 0 Å². The number of carbonyl (C=O) groups excluding carboxylic acids is 1. The summed E-state index contributed by atoms with van der Waals surface area (Å²) in [6, 6.07) is 0. The van der Waals surface area contributed by atoms with E-state index in [9.17, 15) is 14.7 Å². The summed E-state index contributed by atoms with van der Waals surface area (Å²) in [4.78, 5) is 23.0. The second-order valence-electron chi connectivity index (χ2n) is 6.29. The molecule has 2 bridgehead atoms. The van der Waals surface area contributed by atoms with Crippen LogP contribution < -0.4 is 0 Å². The molecule has 2 fully saturated rings. The van der Waals surface area contributed by atoms with E-state index in [-0.39, 0.29) is 30.0 Å². The molecule has 2 rings (SSSR count). The first-order chi connectivity index (χ1) is 7.66. The van der Waals surface area contributed by atoms with E-state index in [1.165, 1.54) is 0 Å². The minimum Gasteiger partial charge on any atom is -0.481 e. The molecule has 0 radical (unpaired) electrons. The Labute approximate surface area is 101 Å². The van der Waals surface area contributed by atoms with E-state index in [0.29, 0.717) is 0 Å². The van der Waals surface area contributed by atoms with Crippen molar-refractivity contribution in [1.82, 2.24) is 0 Å². The molecule has 0 aromatic rings. The highest BCUT2D eigenvalue weighted by molar-refractivity contribution is 5.97. The number of carboxylic acid groups (broad SMARTS) is 1. The van der Waals surface area contributed by atoms with Crippen LogP contribution in [-0.4, -0.2) is 27.6 Å². The smallest absolute Gasteiger partial charge is 0.303 e. The molecule has 0 heterocycles. The molecule has 2 N–H and O–H groups in total. The highest BCUT2D eigenvalue weighted by Gasteiger charge is 2.72. The first kappa shape index (κ1) is 12.6. The van der Waals surface area contributed by atoms with Crippen LogP contribution in [0.1, 0.15) is 46.5 Å². The van der Waals surface area contributed by atoms with E-state index in [4.69, 9.17) is 5.11 Å². The van der Waals surface area contributed by atoms with E-state index in [1.807, 2.05) is 20.8 Å². The molecular formula is C13H20O4. The van der Waals surface area contributed by atoms with Crippen LogP contribution in [0.5, 0.6) is 0 Å². The van der Waals surface area contributed by atoms with E-state index in [0.717, 1.165) is 12.8 Å². The van der Waals surface area contributed by atoms with E-state index < -0.39 is 17.0 Å². The predicted molar refractivity (Wildman–Crippen MR) is 61.4 cm³/mol. The third-order valence-electron chi connectivity index (χ3n) is 5.42. The van der Waals surface area contributed by atoms with Crippen LogP contribution in [0.15, 0.2) is 0 Å². The maximum Gasteiger partial charge on any atom is 0.303 e. The van der Waals surface area contributed by atoms with Crippen molar-refractivity contribution < 1.29 is 19.8 Å². The van der Waals surface area contributed by atoms with Crippen LogP contribution in [-0.2, 0) is 9.59 Å². The molecule has 4 heteroatoms. The van der Waals surface area contributed by atoms with Crippen LogP contribution >= 0.6 is 0 Å². The predicted octanol–water partition coefficient (Wildman–Crippen LogP) is 1.61. The zero-order valence-corrected chi connectivity index (χ0v) is 10.6. The lowest BCUT2D eigenvalue weighted by Gasteiger charge is -2.32. The van der Waals surface area contributed by atoms with Crippen molar-refractivity contribution in [3.05, 3.63) is 0 Å². The van der Waals surface area contributed by atoms with Gasteiger partial charge in [-0.3, -0.25) is 9.59 Å². The average Bonchev–Trinajstić information content (AvgIpc) is 2.51. The Morgan fingerprint density at radius 1 is 1.41 bits per heavy atom. The summed E-state index contributed by atoms with van der Waals surface area (Å²) in [6.45, 7) is 5.94. The van der Waals surface area contributed by atoms with Crippen LogP contribution in [0.4, 0.5) is 0 Å². The fourth-order valence-corrected chi connectivity index (χ4v) is 3.96. The van der Waals surface area contributed by atoms with Gasteiger partial charge in [-0.25, -0.2) is 0 Å². The maximum atomic E-state index is 12.4. The summed E-state index contributed by atoms with van der Waals surface area (Å²) in [5.74, 6) is -1.21. The Hall–Kier alpha value is -0.900. The van der Waals surface area contributed by atoms with E-state index in [2.05, 4.69) is 0 Å². The van der Waals surface area contributed by atoms with Gasteiger partial charge in [-0.1, -0.05) is 20.8 Å². The molecule has 3 atom stereocenters. The molecule has 0 aliphatic heterocycles. The Morgan fingerprint density at radius 2 is 2.00 bits per heavy atom. The molecule has 2 saturated carbocycles. The average molecular weight is 240 g/mol. The maximum absolute atomic E-state index is 12.4. The lowest BCUT2D eigenvalue weighted by Crippen LogP contribution is -2.46. The Kier molecular flexibility index (Phi) is 2.45. The second kappa shape index (κ2) is 3.31. The van der Waals surface area contributed by atoms with Crippen LogP contribution in [0.2, 0.25) is 0 Å². The van der Waals surface area contributed by atoms with Crippen molar-refractivity contribution in [2.24, 2.45) is 16.7 Å². The van der Waals surface area contributed by atoms with Crippen LogP contribution in [0, 0.1) is 16.7 Å². The number of rotatable bonds is 3. The molecule has 0 aromatic heterocycles. The van der Waals surface area contributed by atoms with Gasteiger partial charge in [-0.05, 0) is 24.7 Å². The van der Waals surface area contributed by atoms with Gasteiger partial charge in [0.25, 0.3) is 0 Å². The number of fused-ring (bicyclic) bond motifs is 2. The lowest BCUT2D eigenvalue weighted by molar-refractivity contribution is -0.149. The second-order valence-corrected chi connectivity index (χ2v) is 6.29. The molecule has 0 amide bonds. The van der Waals surface area contributed by atoms with Gasteiger partial charge in [0.05, 0.1) is 0 Å². The van der Waals surface area contributed by atoms with Crippen molar-refractivity contribution >= 4 is 11.8 Å². The largest absolute Gasteiger partial charge is 0.481 e. The number of hydrogen-bond acceptors (Lipinski definition) is 3. The summed E-state index contributed by atoms with van der Waals surface area (Å²) in [6.07, 6.45) is 1.51. The molecule has 0 spiro atoms. The molecule has 0 aromatic carbocycles. The van der Waals surface area contributed by atoms with Gasteiger partial charge in [0, 0.05) is 17.8 Å². The standard InChI is InChI=1S/C13H20O4/c1-11(2)8-4-6-12(11,3)10(16)13(8,17)7-5-9(14)15/h8,17H,4-7H2,1-3H3,(H,14,15)/t8-,12-,13-/m0/s1. The lowest BCUT2D eigenvalue weighted by atomic mass is 9.70.